The normalized spacial score (nSPS) is 11.9. The first kappa shape index (κ1) is 25.0. The Labute approximate surface area is 192 Å². The molecule has 0 fully saturated rings. The van der Waals surface area contributed by atoms with Crippen molar-refractivity contribution in [2.24, 2.45) is 5.92 Å². The predicted octanol–water partition coefficient (Wildman–Crippen LogP) is 4.06. The highest BCUT2D eigenvalue weighted by atomic mass is 19.4. The summed E-state index contributed by atoms with van der Waals surface area (Å²) in [6, 6.07) is 6.85. The van der Waals surface area contributed by atoms with Gasteiger partial charge in [-0.3, -0.25) is 19.1 Å². The van der Waals surface area contributed by atoms with E-state index < -0.39 is 29.9 Å². The molecular formula is C23H25F3N4O4. The SMILES string of the molecule is CC(C)Cn1c(=O)[nH]c(=O)c2c(C(=O)Nc3ccc(OCC(F)(F)F)cc3)cc(C(C)C)nc21. The number of pyridine rings is 1. The lowest BCUT2D eigenvalue weighted by Crippen LogP contribution is -2.33. The monoisotopic (exact) mass is 478 g/mol. The zero-order valence-corrected chi connectivity index (χ0v) is 19.1. The van der Waals surface area contributed by atoms with Crippen LogP contribution in [0.5, 0.6) is 5.75 Å². The number of hydrogen-bond donors (Lipinski definition) is 2. The second-order valence-electron chi connectivity index (χ2n) is 8.59. The summed E-state index contributed by atoms with van der Waals surface area (Å²) < 4.78 is 43.0. The number of aromatic amines is 1. The molecule has 0 bridgehead atoms. The van der Waals surface area contributed by atoms with E-state index in [0.717, 1.165) is 0 Å². The van der Waals surface area contributed by atoms with Gasteiger partial charge in [0.2, 0.25) is 0 Å². The van der Waals surface area contributed by atoms with Crippen LogP contribution >= 0.6 is 0 Å². The van der Waals surface area contributed by atoms with Crippen molar-refractivity contribution in [3.8, 4) is 5.75 Å². The van der Waals surface area contributed by atoms with Crippen LogP contribution in [0.25, 0.3) is 11.0 Å². The molecule has 1 aromatic carbocycles. The molecule has 2 aromatic heterocycles. The van der Waals surface area contributed by atoms with E-state index in [2.05, 4.69) is 20.0 Å². The zero-order chi connectivity index (χ0) is 25.2. The summed E-state index contributed by atoms with van der Waals surface area (Å²) >= 11 is 0. The van der Waals surface area contributed by atoms with Crippen molar-refractivity contribution in [3.05, 3.63) is 62.4 Å². The highest BCUT2D eigenvalue weighted by molar-refractivity contribution is 6.11. The van der Waals surface area contributed by atoms with Gasteiger partial charge in [-0.05, 0) is 42.2 Å². The predicted molar refractivity (Wildman–Crippen MR) is 121 cm³/mol. The van der Waals surface area contributed by atoms with Gasteiger partial charge >= 0.3 is 11.9 Å². The minimum atomic E-state index is -4.47. The third kappa shape index (κ3) is 5.83. The van der Waals surface area contributed by atoms with Crippen molar-refractivity contribution in [2.75, 3.05) is 11.9 Å². The number of benzene rings is 1. The van der Waals surface area contributed by atoms with Crippen LogP contribution in [0.2, 0.25) is 0 Å². The molecule has 2 N–H and O–H groups in total. The Bertz CT molecular complexity index is 1310. The molecule has 0 atom stereocenters. The molecule has 3 aromatic rings. The van der Waals surface area contributed by atoms with Crippen LogP contribution in [0, 0.1) is 5.92 Å². The fourth-order valence-corrected chi connectivity index (χ4v) is 3.30. The highest BCUT2D eigenvalue weighted by Crippen LogP contribution is 2.23. The van der Waals surface area contributed by atoms with E-state index in [1.165, 1.54) is 34.9 Å². The van der Waals surface area contributed by atoms with Gasteiger partial charge in [0.15, 0.2) is 12.3 Å². The molecule has 1 amide bonds. The van der Waals surface area contributed by atoms with Crippen LogP contribution in [0.1, 0.15) is 49.7 Å². The number of anilines is 1. The number of rotatable bonds is 7. The molecule has 0 radical (unpaired) electrons. The van der Waals surface area contributed by atoms with Crippen molar-refractivity contribution in [3.63, 3.8) is 0 Å². The number of nitrogens with one attached hydrogen (secondary N) is 2. The minimum Gasteiger partial charge on any atom is -0.484 e. The van der Waals surface area contributed by atoms with Gasteiger partial charge in [-0.1, -0.05) is 27.7 Å². The first-order chi connectivity index (χ1) is 15.9. The molecule has 0 saturated heterocycles. The summed E-state index contributed by atoms with van der Waals surface area (Å²) in [5.41, 5.74) is -0.382. The molecule has 0 saturated carbocycles. The van der Waals surface area contributed by atoms with E-state index >= 15 is 0 Å². The summed E-state index contributed by atoms with van der Waals surface area (Å²) in [6.45, 7) is 6.42. The number of ether oxygens (including phenoxy) is 1. The van der Waals surface area contributed by atoms with Crippen molar-refractivity contribution in [2.45, 2.75) is 46.3 Å². The first-order valence-corrected chi connectivity index (χ1v) is 10.6. The molecule has 0 aliphatic carbocycles. The second-order valence-corrected chi connectivity index (χ2v) is 8.59. The molecule has 0 aliphatic heterocycles. The number of aromatic nitrogens is 3. The zero-order valence-electron chi connectivity index (χ0n) is 19.1. The molecule has 182 valence electrons. The fraction of sp³-hybridized carbons (Fsp3) is 0.391. The van der Waals surface area contributed by atoms with Crippen LogP contribution < -0.4 is 21.3 Å². The smallest absolute Gasteiger partial charge is 0.422 e. The topological polar surface area (TPSA) is 106 Å². The van der Waals surface area contributed by atoms with Crippen LogP contribution in [-0.2, 0) is 6.54 Å². The standard InChI is InChI=1S/C23H25F3N4O4/c1-12(2)10-30-19-18(21(32)29-22(30)33)16(9-17(28-19)13(3)4)20(31)27-14-5-7-15(8-6-14)34-11-23(24,25)26/h5-9,12-13H,10-11H2,1-4H3,(H,27,31)(H,29,32,33). The Hall–Kier alpha value is -3.63. The van der Waals surface area contributed by atoms with Gasteiger partial charge in [-0.25, -0.2) is 9.78 Å². The quantitative estimate of drug-likeness (QED) is 0.533. The fourth-order valence-electron chi connectivity index (χ4n) is 3.30. The van der Waals surface area contributed by atoms with Gasteiger partial charge in [0.25, 0.3) is 11.5 Å². The lowest BCUT2D eigenvalue weighted by Gasteiger charge is -2.16. The molecule has 11 heteroatoms. The van der Waals surface area contributed by atoms with Gasteiger partial charge in [0, 0.05) is 17.9 Å². The maximum atomic E-state index is 13.2. The number of H-pyrrole nitrogens is 1. The number of halogens is 3. The van der Waals surface area contributed by atoms with Gasteiger partial charge in [-0.2, -0.15) is 13.2 Å². The second kappa shape index (κ2) is 9.70. The lowest BCUT2D eigenvalue weighted by atomic mass is 10.0. The molecule has 34 heavy (non-hydrogen) atoms. The van der Waals surface area contributed by atoms with Gasteiger partial charge in [0.1, 0.15) is 5.75 Å². The summed E-state index contributed by atoms with van der Waals surface area (Å²) in [5.74, 6) is -0.658. The summed E-state index contributed by atoms with van der Waals surface area (Å²) in [5, 5.41) is 2.61. The number of amides is 1. The molecule has 3 rings (SSSR count). The van der Waals surface area contributed by atoms with E-state index in [1.54, 1.807) is 0 Å². The first-order valence-electron chi connectivity index (χ1n) is 10.6. The third-order valence-electron chi connectivity index (χ3n) is 4.87. The maximum absolute atomic E-state index is 13.2. The minimum absolute atomic E-state index is 0.0130. The van der Waals surface area contributed by atoms with Crippen molar-refractivity contribution in [1.29, 1.82) is 0 Å². The maximum Gasteiger partial charge on any atom is 0.422 e. The van der Waals surface area contributed by atoms with Crippen molar-refractivity contribution < 1.29 is 22.7 Å². The summed E-state index contributed by atoms with van der Waals surface area (Å²) in [6.07, 6.45) is -4.47. The average Bonchev–Trinajstić information content (AvgIpc) is 2.74. The third-order valence-corrected chi connectivity index (χ3v) is 4.87. The Morgan fingerprint density at radius 2 is 1.79 bits per heavy atom. The van der Waals surface area contributed by atoms with Gasteiger partial charge < -0.3 is 10.1 Å². The summed E-state index contributed by atoms with van der Waals surface area (Å²) in [4.78, 5) is 45.1. The molecular weight excluding hydrogens is 453 g/mol. The van der Waals surface area contributed by atoms with E-state index in [4.69, 9.17) is 0 Å². The Kier molecular flexibility index (Phi) is 7.13. The number of fused-ring (bicyclic) bond motifs is 1. The van der Waals surface area contributed by atoms with E-state index in [9.17, 15) is 27.6 Å². The number of carbonyl (C=O) groups excluding carboxylic acids is 1. The average molecular weight is 478 g/mol. The van der Waals surface area contributed by atoms with Crippen molar-refractivity contribution >= 4 is 22.6 Å². The van der Waals surface area contributed by atoms with Gasteiger partial charge in [0.05, 0.1) is 10.9 Å². The molecule has 0 aliphatic rings. The van der Waals surface area contributed by atoms with Crippen LogP contribution in [0.3, 0.4) is 0 Å². The highest BCUT2D eigenvalue weighted by Gasteiger charge is 2.28. The number of carbonyl (C=O) groups is 1. The van der Waals surface area contributed by atoms with Crippen LogP contribution in [-0.4, -0.2) is 33.2 Å². The molecule has 2 heterocycles. The van der Waals surface area contributed by atoms with Crippen molar-refractivity contribution in [1.82, 2.24) is 14.5 Å². The largest absolute Gasteiger partial charge is 0.484 e. The number of hydrogen-bond acceptors (Lipinski definition) is 5. The molecule has 0 spiro atoms. The molecule has 0 unspecified atom stereocenters. The molecule has 8 nitrogen and oxygen atoms in total. The van der Waals surface area contributed by atoms with E-state index in [0.29, 0.717) is 12.2 Å². The Morgan fingerprint density at radius 3 is 2.35 bits per heavy atom. The Morgan fingerprint density at radius 1 is 1.15 bits per heavy atom. The Balaban J connectivity index is 2.02. The van der Waals surface area contributed by atoms with Gasteiger partial charge in [-0.15, -0.1) is 0 Å². The van der Waals surface area contributed by atoms with Crippen LogP contribution in [0.15, 0.2) is 39.9 Å². The van der Waals surface area contributed by atoms with E-state index in [-0.39, 0.29) is 39.9 Å². The van der Waals surface area contributed by atoms with E-state index in [1.807, 2.05) is 27.7 Å². The lowest BCUT2D eigenvalue weighted by molar-refractivity contribution is -0.153. The number of alkyl halides is 3. The van der Waals surface area contributed by atoms with Crippen LogP contribution in [0.4, 0.5) is 18.9 Å². The summed E-state index contributed by atoms with van der Waals surface area (Å²) in [7, 11) is 0. The number of nitrogens with zero attached hydrogens (tertiary/aromatic N) is 2.